The van der Waals surface area contributed by atoms with Crippen LogP contribution in [0.4, 0.5) is 5.69 Å². The predicted octanol–water partition coefficient (Wildman–Crippen LogP) is 1.91. The van der Waals surface area contributed by atoms with Gasteiger partial charge in [0.15, 0.2) is 5.69 Å². The maximum absolute atomic E-state index is 12.6. The van der Waals surface area contributed by atoms with Gasteiger partial charge >= 0.3 is 0 Å². The Balaban J connectivity index is 1.57. The molecule has 1 aliphatic rings. The minimum absolute atomic E-state index is 0.185. The van der Waals surface area contributed by atoms with Crippen LogP contribution in [0, 0.1) is 0 Å². The molecule has 1 aromatic carbocycles. The Kier molecular flexibility index (Phi) is 4.25. The van der Waals surface area contributed by atoms with Crippen molar-refractivity contribution in [3.63, 3.8) is 0 Å². The van der Waals surface area contributed by atoms with Crippen molar-refractivity contribution in [1.82, 2.24) is 20.1 Å². The number of carbonyl (C=O) groups excluding carboxylic acids is 1. The number of aromatic amines is 1. The van der Waals surface area contributed by atoms with Crippen LogP contribution in [-0.2, 0) is 24.2 Å². The minimum Gasteiger partial charge on any atom is -0.383 e. The second kappa shape index (κ2) is 6.70. The number of H-pyrrole nitrogens is 1. The van der Waals surface area contributed by atoms with Gasteiger partial charge in [0.05, 0.1) is 12.1 Å². The number of ether oxygens (including phenoxy) is 1. The van der Waals surface area contributed by atoms with E-state index in [0.717, 1.165) is 47.4 Å². The number of amides is 1. The summed E-state index contributed by atoms with van der Waals surface area (Å²) in [4.78, 5) is 12.6. The van der Waals surface area contributed by atoms with Gasteiger partial charge in [0.1, 0.15) is 0 Å². The molecule has 0 spiro atoms. The van der Waals surface area contributed by atoms with Crippen molar-refractivity contribution in [3.05, 3.63) is 47.4 Å². The number of methoxy groups -OCH3 is 1. The third-order valence-corrected chi connectivity index (χ3v) is 4.59. The minimum atomic E-state index is -0.185. The zero-order valence-electron chi connectivity index (χ0n) is 14.1. The van der Waals surface area contributed by atoms with Crippen molar-refractivity contribution in [2.24, 2.45) is 0 Å². The Morgan fingerprint density at radius 1 is 1.40 bits per heavy atom. The van der Waals surface area contributed by atoms with Gasteiger partial charge in [-0.25, -0.2) is 0 Å². The molecule has 1 amide bonds. The van der Waals surface area contributed by atoms with Crippen LogP contribution in [-0.4, -0.2) is 40.9 Å². The largest absolute Gasteiger partial charge is 0.383 e. The Hall–Kier alpha value is -2.64. The van der Waals surface area contributed by atoms with Crippen molar-refractivity contribution in [2.75, 3.05) is 25.6 Å². The van der Waals surface area contributed by atoms with E-state index in [2.05, 4.69) is 31.5 Å². The van der Waals surface area contributed by atoms with Crippen LogP contribution in [0.15, 0.2) is 30.5 Å². The molecule has 0 bridgehead atoms. The summed E-state index contributed by atoms with van der Waals surface area (Å²) in [5, 5.41) is 14.6. The molecule has 0 radical (unpaired) electrons. The maximum Gasteiger partial charge on any atom is 0.276 e. The van der Waals surface area contributed by atoms with Crippen molar-refractivity contribution in [1.29, 1.82) is 0 Å². The third-order valence-electron chi connectivity index (χ3n) is 4.59. The molecule has 25 heavy (non-hydrogen) atoms. The van der Waals surface area contributed by atoms with Crippen LogP contribution < -0.4 is 10.6 Å². The van der Waals surface area contributed by atoms with Gasteiger partial charge in [0, 0.05) is 56.3 Å². The molecular weight excluding hydrogens is 318 g/mol. The Morgan fingerprint density at radius 2 is 2.32 bits per heavy atom. The maximum atomic E-state index is 12.6. The van der Waals surface area contributed by atoms with Crippen molar-refractivity contribution in [3.8, 4) is 0 Å². The molecule has 0 atom stereocenters. The van der Waals surface area contributed by atoms with Gasteiger partial charge in [0.2, 0.25) is 0 Å². The normalized spacial score (nSPS) is 13.8. The highest BCUT2D eigenvalue weighted by Gasteiger charge is 2.21. The van der Waals surface area contributed by atoms with Gasteiger partial charge in [-0.2, -0.15) is 5.10 Å². The van der Waals surface area contributed by atoms with Gasteiger partial charge < -0.3 is 19.9 Å². The number of benzene rings is 1. The number of hydrogen-bond donors (Lipinski definition) is 3. The number of rotatable bonds is 5. The smallest absolute Gasteiger partial charge is 0.276 e. The predicted molar refractivity (Wildman–Crippen MR) is 95.8 cm³/mol. The summed E-state index contributed by atoms with van der Waals surface area (Å²) in [7, 11) is 1.69. The molecule has 7 nitrogen and oxygen atoms in total. The Labute approximate surface area is 145 Å². The van der Waals surface area contributed by atoms with Crippen molar-refractivity contribution < 1.29 is 9.53 Å². The van der Waals surface area contributed by atoms with E-state index in [0.29, 0.717) is 18.8 Å². The van der Waals surface area contributed by atoms with Gasteiger partial charge in [-0.3, -0.25) is 9.89 Å². The quantitative estimate of drug-likeness (QED) is 0.663. The van der Waals surface area contributed by atoms with Crippen LogP contribution in [0.25, 0.3) is 10.9 Å². The number of nitrogens with one attached hydrogen (secondary N) is 3. The average molecular weight is 339 g/mol. The lowest BCUT2D eigenvalue weighted by molar-refractivity contribution is 0.102. The third kappa shape index (κ3) is 3.04. The molecule has 7 heteroatoms. The van der Waals surface area contributed by atoms with Crippen molar-refractivity contribution in [2.45, 2.75) is 19.5 Å². The van der Waals surface area contributed by atoms with E-state index in [1.807, 2.05) is 24.4 Å². The highest BCUT2D eigenvalue weighted by Crippen LogP contribution is 2.22. The van der Waals surface area contributed by atoms with Crippen LogP contribution >= 0.6 is 0 Å². The first kappa shape index (κ1) is 15.9. The van der Waals surface area contributed by atoms with E-state index in [1.54, 1.807) is 7.11 Å². The molecule has 0 saturated heterocycles. The topological polar surface area (TPSA) is 84.0 Å². The summed E-state index contributed by atoms with van der Waals surface area (Å²) in [5.74, 6) is -0.185. The summed E-state index contributed by atoms with van der Waals surface area (Å²) in [6.45, 7) is 3.00. The van der Waals surface area contributed by atoms with E-state index >= 15 is 0 Å². The molecule has 4 rings (SSSR count). The first-order chi connectivity index (χ1) is 12.3. The van der Waals surface area contributed by atoms with E-state index < -0.39 is 0 Å². The van der Waals surface area contributed by atoms with Crippen LogP contribution in [0.2, 0.25) is 0 Å². The zero-order valence-corrected chi connectivity index (χ0v) is 14.1. The first-order valence-corrected chi connectivity index (χ1v) is 8.42. The molecular formula is C18H21N5O2. The molecule has 0 saturated carbocycles. The van der Waals surface area contributed by atoms with Gasteiger partial charge in [-0.05, 0) is 23.6 Å². The highest BCUT2D eigenvalue weighted by molar-refractivity contribution is 6.04. The number of anilines is 1. The number of fused-ring (bicyclic) bond motifs is 2. The summed E-state index contributed by atoms with van der Waals surface area (Å²) >= 11 is 0. The average Bonchev–Trinajstić information content (AvgIpc) is 3.24. The standard InChI is InChI=1S/C18H21N5O2/c1-25-9-8-23-7-5-12-2-3-13(10-16(12)23)20-18(24)17-14-11-19-6-4-15(14)21-22-17/h2-3,5,7,10,19H,4,6,8-9,11H2,1H3,(H,20,24)(H,21,22). The van der Waals surface area contributed by atoms with Crippen LogP contribution in [0.5, 0.6) is 0 Å². The van der Waals surface area contributed by atoms with Gasteiger partial charge in [0.25, 0.3) is 5.91 Å². The molecule has 0 aliphatic carbocycles. The molecule has 3 heterocycles. The molecule has 0 unspecified atom stereocenters. The number of aromatic nitrogens is 3. The van der Waals surface area contributed by atoms with Crippen molar-refractivity contribution >= 4 is 22.5 Å². The summed E-state index contributed by atoms with van der Waals surface area (Å²) in [6.07, 6.45) is 2.90. The first-order valence-electron chi connectivity index (χ1n) is 8.42. The molecule has 0 fully saturated rings. The zero-order chi connectivity index (χ0) is 17.2. The summed E-state index contributed by atoms with van der Waals surface area (Å²) in [5.41, 5.74) is 4.31. The second-order valence-corrected chi connectivity index (χ2v) is 6.19. The fourth-order valence-corrected chi connectivity index (χ4v) is 3.25. The fraction of sp³-hybridized carbons (Fsp3) is 0.333. The fourth-order valence-electron chi connectivity index (χ4n) is 3.25. The van der Waals surface area contributed by atoms with E-state index in [9.17, 15) is 4.79 Å². The van der Waals surface area contributed by atoms with Crippen LogP contribution in [0.3, 0.4) is 0 Å². The van der Waals surface area contributed by atoms with Gasteiger partial charge in [-0.15, -0.1) is 0 Å². The number of nitrogens with zero attached hydrogens (tertiary/aromatic N) is 2. The lowest BCUT2D eigenvalue weighted by Gasteiger charge is -2.13. The molecule has 2 aromatic heterocycles. The number of hydrogen-bond acceptors (Lipinski definition) is 4. The lowest BCUT2D eigenvalue weighted by Crippen LogP contribution is -2.25. The number of carbonyl (C=O) groups is 1. The lowest BCUT2D eigenvalue weighted by atomic mass is 10.1. The molecule has 130 valence electrons. The monoisotopic (exact) mass is 339 g/mol. The van der Waals surface area contributed by atoms with E-state index in [1.165, 1.54) is 0 Å². The molecule has 1 aliphatic heterocycles. The Bertz CT molecular complexity index is 911. The SMILES string of the molecule is COCCn1ccc2ccc(NC(=O)c3n[nH]c4c3CNCC4)cc21. The summed E-state index contributed by atoms with van der Waals surface area (Å²) in [6, 6.07) is 7.97. The van der Waals surface area contributed by atoms with E-state index in [4.69, 9.17) is 4.74 Å². The second-order valence-electron chi connectivity index (χ2n) is 6.19. The van der Waals surface area contributed by atoms with Crippen LogP contribution in [0.1, 0.15) is 21.7 Å². The Morgan fingerprint density at radius 3 is 3.20 bits per heavy atom. The van der Waals surface area contributed by atoms with E-state index in [-0.39, 0.29) is 5.91 Å². The molecule has 3 aromatic rings. The molecule has 3 N–H and O–H groups in total. The highest BCUT2D eigenvalue weighted by atomic mass is 16.5. The van der Waals surface area contributed by atoms with Gasteiger partial charge in [-0.1, -0.05) is 6.07 Å². The summed E-state index contributed by atoms with van der Waals surface area (Å²) < 4.78 is 7.27.